The van der Waals surface area contributed by atoms with Gasteiger partial charge in [0.1, 0.15) is 5.76 Å². The van der Waals surface area contributed by atoms with Crippen LogP contribution in [-0.4, -0.2) is 18.1 Å². The van der Waals surface area contributed by atoms with Crippen molar-refractivity contribution in [1.82, 2.24) is 10.3 Å². The molecule has 0 spiro atoms. The molecule has 3 nitrogen and oxygen atoms in total. The first kappa shape index (κ1) is 12.4. The summed E-state index contributed by atoms with van der Waals surface area (Å²) in [4.78, 5) is 4.01. The topological polar surface area (TPSA) is 34.1 Å². The molecule has 1 aliphatic heterocycles. The number of aromatic nitrogens is 1. The monoisotopic (exact) mass is 252 g/mol. The van der Waals surface area contributed by atoms with E-state index in [1.807, 2.05) is 6.07 Å². The number of ether oxygens (including phenoxy) is 1. The number of pyridine rings is 1. The van der Waals surface area contributed by atoms with E-state index in [0.29, 0.717) is 5.02 Å². The second-order valence-corrected chi connectivity index (χ2v) is 4.39. The van der Waals surface area contributed by atoms with Gasteiger partial charge in [-0.2, -0.15) is 0 Å². The molecule has 0 saturated heterocycles. The summed E-state index contributed by atoms with van der Waals surface area (Å²) in [6, 6.07) is 1.98. The van der Waals surface area contributed by atoms with Crippen molar-refractivity contribution in [2.24, 2.45) is 0 Å². The molecule has 0 amide bonds. The first-order valence-electron chi connectivity index (χ1n) is 5.98. The van der Waals surface area contributed by atoms with Crippen LogP contribution in [0, 0.1) is 0 Å². The highest BCUT2D eigenvalue weighted by Crippen LogP contribution is 2.30. The van der Waals surface area contributed by atoms with Crippen LogP contribution in [0.15, 0.2) is 30.3 Å². The number of nitrogens with one attached hydrogen (secondary N) is 1. The van der Waals surface area contributed by atoms with Gasteiger partial charge in [0.25, 0.3) is 0 Å². The van der Waals surface area contributed by atoms with Gasteiger partial charge >= 0.3 is 0 Å². The molecule has 1 aliphatic rings. The lowest BCUT2D eigenvalue weighted by molar-refractivity contribution is 0.168. The third kappa shape index (κ3) is 2.99. The number of halogens is 1. The number of allylic oxidation sites excluding steroid dienone is 1. The van der Waals surface area contributed by atoms with Crippen molar-refractivity contribution in [3.05, 3.63) is 40.9 Å². The predicted octanol–water partition coefficient (Wildman–Crippen LogP) is 3.08. The molecule has 0 radical (unpaired) electrons. The average molecular weight is 253 g/mol. The third-order valence-corrected chi connectivity index (χ3v) is 3.09. The van der Waals surface area contributed by atoms with Crippen molar-refractivity contribution in [1.29, 1.82) is 0 Å². The number of hydrogen-bond donors (Lipinski definition) is 1. The lowest BCUT2D eigenvalue weighted by atomic mass is 10.0. The van der Waals surface area contributed by atoms with Gasteiger partial charge in [0.15, 0.2) is 0 Å². The lowest BCUT2D eigenvalue weighted by Gasteiger charge is -2.25. The fourth-order valence-corrected chi connectivity index (χ4v) is 2.19. The highest BCUT2D eigenvalue weighted by molar-refractivity contribution is 6.31. The molecular weight excluding hydrogens is 236 g/mol. The van der Waals surface area contributed by atoms with Crippen LogP contribution in [0.3, 0.4) is 0 Å². The molecule has 0 fully saturated rings. The molecule has 4 heteroatoms. The second kappa shape index (κ2) is 6.03. The van der Waals surface area contributed by atoms with Crippen LogP contribution in [-0.2, 0) is 4.74 Å². The molecule has 17 heavy (non-hydrogen) atoms. The molecule has 0 aliphatic carbocycles. The van der Waals surface area contributed by atoms with Gasteiger partial charge in [-0.15, -0.1) is 0 Å². The Hall–Kier alpha value is -1.06. The number of hydrogen-bond acceptors (Lipinski definition) is 3. The summed E-state index contributed by atoms with van der Waals surface area (Å²) >= 11 is 6.19. The van der Waals surface area contributed by atoms with Gasteiger partial charge in [-0.1, -0.05) is 18.5 Å². The van der Waals surface area contributed by atoms with Crippen molar-refractivity contribution in [2.75, 3.05) is 13.2 Å². The molecule has 92 valence electrons. The van der Waals surface area contributed by atoms with Gasteiger partial charge in [0.05, 0.1) is 17.7 Å². The van der Waals surface area contributed by atoms with Gasteiger partial charge in [-0.05, 0) is 37.1 Å². The Labute approximate surface area is 107 Å². The van der Waals surface area contributed by atoms with Crippen LogP contribution in [0.1, 0.15) is 31.4 Å². The Kier molecular flexibility index (Phi) is 4.40. The average Bonchev–Trinajstić information content (AvgIpc) is 2.38. The Morgan fingerprint density at radius 2 is 2.47 bits per heavy atom. The first-order valence-corrected chi connectivity index (χ1v) is 6.36. The smallest absolute Gasteiger partial charge is 0.113 e. The minimum absolute atomic E-state index is 0.0378. The number of likely N-dealkylation sites (N-methyl/N-ethyl adjacent to an activating group) is 1. The zero-order valence-corrected chi connectivity index (χ0v) is 10.7. The molecule has 1 aromatic rings. The van der Waals surface area contributed by atoms with E-state index in [1.165, 1.54) is 0 Å². The molecule has 0 saturated carbocycles. The molecule has 2 rings (SSSR count). The molecule has 1 N–H and O–H groups in total. The van der Waals surface area contributed by atoms with E-state index >= 15 is 0 Å². The van der Waals surface area contributed by atoms with E-state index in [9.17, 15) is 0 Å². The number of rotatable bonds is 4. The molecule has 2 heterocycles. The Morgan fingerprint density at radius 3 is 3.12 bits per heavy atom. The highest BCUT2D eigenvalue weighted by atomic mass is 35.5. The minimum atomic E-state index is 0.0378. The highest BCUT2D eigenvalue weighted by Gasteiger charge is 2.21. The molecule has 0 bridgehead atoms. The number of nitrogens with zero attached hydrogens (tertiary/aromatic N) is 1. The summed E-state index contributed by atoms with van der Waals surface area (Å²) in [6.45, 7) is 3.73. The summed E-state index contributed by atoms with van der Waals surface area (Å²) in [5, 5.41) is 4.08. The van der Waals surface area contributed by atoms with Crippen molar-refractivity contribution >= 4 is 11.6 Å². The van der Waals surface area contributed by atoms with Crippen molar-refractivity contribution < 1.29 is 4.74 Å². The standard InChI is InChI=1S/C13H17ClN2O/c1-2-16-13(12-5-3-4-8-17-12)10-6-7-15-9-11(10)14/h5-7,9,13,16H,2-4,8H2,1H3. The molecule has 0 aromatic carbocycles. The molecule has 1 aromatic heterocycles. The fourth-order valence-electron chi connectivity index (χ4n) is 1.97. The maximum atomic E-state index is 6.19. The summed E-state index contributed by atoms with van der Waals surface area (Å²) in [7, 11) is 0. The summed E-state index contributed by atoms with van der Waals surface area (Å²) in [5.41, 5.74) is 1.02. The van der Waals surface area contributed by atoms with Gasteiger partial charge in [0.2, 0.25) is 0 Å². The zero-order chi connectivity index (χ0) is 12.1. The summed E-state index contributed by atoms with van der Waals surface area (Å²) in [6.07, 6.45) is 7.74. The Bertz CT molecular complexity index is 406. The van der Waals surface area contributed by atoms with Gasteiger partial charge in [0, 0.05) is 12.4 Å². The van der Waals surface area contributed by atoms with E-state index in [1.54, 1.807) is 12.4 Å². The zero-order valence-electron chi connectivity index (χ0n) is 9.95. The van der Waals surface area contributed by atoms with Crippen LogP contribution in [0.5, 0.6) is 0 Å². The van der Waals surface area contributed by atoms with E-state index < -0.39 is 0 Å². The Morgan fingerprint density at radius 1 is 1.59 bits per heavy atom. The maximum absolute atomic E-state index is 6.19. The molecule has 1 atom stereocenters. The van der Waals surface area contributed by atoms with Crippen LogP contribution in [0.4, 0.5) is 0 Å². The van der Waals surface area contributed by atoms with Gasteiger partial charge in [-0.3, -0.25) is 4.98 Å². The molecule has 1 unspecified atom stereocenters. The second-order valence-electron chi connectivity index (χ2n) is 3.99. The van der Waals surface area contributed by atoms with E-state index in [4.69, 9.17) is 16.3 Å². The lowest BCUT2D eigenvalue weighted by Crippen LogP contribution is -2.25. The fraction of sp³-hybridized carbons (Fsp3) is 0.462. The molecular formula is C13H17ClN2O. The van der Waals surface area contributed by atoms with Crippen molar-refractivity contribution in [3.8, 4) is 0 Å². The van der Waals surface area contributed by atoms with Crippen molar-refractivity contribution in [3.63, 3.8) is 0 Å². The van der Waals surface area contributed by atoms with Gasteiger partial charge < -0.3 is 10.1 Å². The van der Waals surface area contributed by atoms with E-state index in [0.717, 1.165) is 37.3 Å². The summed E-state index contributed by atoms with van der Waals surface area (Å²) < 4.78 is 5.72. The van der Waals surface area contributed by atoms with E-state index in [2.05, 4.69) is 23.3 Å². The SMILES string of the molecule is CCNC(C1=CCCCO1)c1ccncc1Cl. The minimum Gasteiger partial charge on any atom is -0.496 e. The Balaban J connectivity index is 2.28. The van der Waals surface area contributed by atoms with Crippen LogP contribution in [0.2, 0.25) is 5.02 Å². The largest absolute Gasteiger partial charge is 0.496 e. The van der Waals surface area contributed by atoms with Crippen LogP contribution >= 0.6 is 11.6 Å². The van der Waals surface area contributed by atoms with E-state index in [-0.39, 0.29) is 6.04 Å². The predicted molar refractivity (Wildman–Crippen MR) is 68.9 cm³/mol. The van der Waals surface area contributed by atoms with Crippen LogP contribution < -0.4 is 5.32 Å². The third-order valence-electron chi connectivity index (χ3n) is 2.77. The van der Waals surface area contributed by atoms with Crippen molar-refractivity contribution in [2.45, 2.75) is 25.8 Å². The maximum Gasteiger partial charge on any atom is 0.113 e. The summed E-state index contributed by atoms with van der Waals surface area (Å²) in [5.74, 6) is 0.978. The quantitative estimate of drug-likeness (QED) is 0.894. The normalized spacial score (nSPS) is 17.2. The first-order chi connectivity index (χ1) is 8.33. The van der Waals surface area contributed by atoms with Crippen LogP contribution in [0.25, 0.3) is 0 Å². The van der Waals surface area contributed by atoms with Gasteiger partial charge in [-0.25, -0.2) is 0 Å².